The van der Waals surface area contributed by atoms with E-state index >= 15 is 0 Å². The molecule has 3 rings (SSSR count). The number of benzene rings is 1. The maximum Gasteiger partial charge on any atom is 0.227 e. The van der Waals surface area contributed by atoms with Crippen LogP contribution in [0.15, 0.2) is 42.7 Å². The van der Waals surface area contributed by atoms with Crippen LogP contribution < -0.4 is 11.1 Å². The van der Waals surface area contributed by atoms with Crippen LogP contribution >= 0.6 is 12.4 Å². The van der Waals surface area contributed by atoms with E-state index in [0.29, 0.717) is 39.1 Å². The summed E-state index contributed by atoms with van der Waals surface area (Å²) in [4.78, 5) is 12.7. The molecule has 0 atom stereocenters. The van der Waals surface area contributed by atoms with E-state index in [4.69, 9.17) is 10.5 Å². The first-order chi connectivity index (χ1) is 11.2. The van der Waals surface area contributed by atoms with Crippen molar-refractivity contribution in [1.82, 2.24) is 15.1 Å². The number of para-hydroxylation sites is 1. The zero-order chi connectivity index (χ0) is 16.1. The van der Waals surface area contributed by atoms with E-state index < -0.39 is 5.41 Å². The molecule has 7 heteroatoms. The highest BCUT2D eigenvalue weighted by Crippen LogP contribution is 2.29. The van der Waals surface area contributed by atoms with Gasteiger partial charge in [0.15, 0.2) is 0 Å². The number of halogens is 1. The first-order valence-electron chi connectivity index (χ1n) is 7.89. The Morgan fingerprint density at radius 2 is 2.04 bits per heavy atom. The van der Waals surface area contributed by atoms with Crippen molar-refractivity contribution in [1.29, 1.82) is 0 Å². The number of carbonyl (C=O) groups is 1. The minimum absolute atomic E-state index is 0. The van der Waals surface area contributed by atoms with Crippen LogP contribution in [0.5, 0.6) is 0 Å². The van der Waals surface area contributed by atoms with Gasteiger partial charge in [0.2, 0.25) is 5.91 Å². The minimum atomic E-state index is -0.501. The molecule has 1 fully saturated rings. The molecule has 0 spiro atoms. The molecule has 0 unspecified atom stereocenters. The molecular formula is C17H23ClN4O2. The molecule has 1 saturated heterocycles. The highest BCUT2D eigenvalue weighted by Gasteiger charge is 2.38. The molecular weight excluding hydrogens is 328 g/mol. The zero-order valence-electron chi connectivity index (χ0n) is 13.5. The molecule has 0 radical (unpaired) electrons. The number of carbonyl (C=O) groups excluding carboxylic acids is 1. The Hall–Kier alpha value is -1.89. The Morgan fingerprint density at radius 3 is 2.71 bits per heavy atom. The Bertz CT molecular complexity index is 654. The van der Waals surface area contributed by atoms with Crippen LogP contribution in [0.3, 0.4) is 0 Å². The number of rotatable bonds is 5. The predicted molar refractivity (Wildman–Crippen MR) is 94.2 cm³/mol. The molecule has 0 saturated carbocycles. The van der Waals surface area contributed by atoms with E-state index in [9.17, 15) is 4.79 Å². The third kappa shape index (κ3) is 3.77. The van der Waals surface area contributed by atoms with E-state index in [-0.39, 0.29) is 18.3 Å². The van der Waals surface area contributed by atoms with E-state index in [2.05, 4.69) is 10.4 Å². The van der Waals surface area contributed by atoms with Gasteiger partial charge < -0.3 is 15.8 Å². The van der Waals surface area contributed by atoms with Gasteiger partial charge in [-0.25, -0.2) is 4.68 Å². The Morgan fingerprint density at radius 1 is 1.29 bits per heavy atom. The number of aromatic nitrogens is 2. The third-order valence-electron chi connectivity index (χ3n) is 4.50. The van der Waals surface area contributed by atoms with Crippen LogP contribution in [0.25, 0.3) is 5.69 Å². The Labute approximate surface area is 147 Å². The lowest BCUT2D eigenvalue weighted by atomic mass is 9.79. The van der Waals surface area contributed by atoms with Crippen molar-refractivity contribution in [3.05, 3.63) is 48.3 Å². The first kappa shape index (κ1) is 18.4. The SMILES string of the molecule is Cl.NCC1(C(=O)NCc2ccccc2-n2cccn2)CCOCC1. The van der Waals surface area contributed by atoms with Crippen LogP contribution in [0, 0.1) is 5.41 Å². The molecule has 130 valence electrons. The monoisotopic (exact) mass is 350 g/mol. The summed E-state index contributed by atoms with van der Waals surface area (Å²) in [7, 11) is 0. The van der Waals surface area contributed by atoms with Crippen molar-refractivity contribution in [2.45, 2.75) is 19.4 Å². The summed E-state index contributed by atoms with van der Waals surface area (Å²) in [5.74, 6) is 0.0126. The van der Waals surface area contributed by atoms with Gasteiger partial charge in [-0.2, -0.15) is 5.10 Å². The number of ether oxygens (including phenoxy) is 1. The fourth-order valence-corrected chi connectivity index (χ4v) is 2.94. The van der Waals surface area contributed by atoms with Gasteiger partial charge in [0.05, 0.1) is 11.1 Å². The van der Waals surface area contributed by atoms with Crippen molar-refractivity contribution >= 4 is 18.3 Å². The van der Waals surface area contributed by atoms with Gasteiger partial charge in [-0.3, -0.25) is 4.79 Å². The average Bonchev–Trinajstić information content (AvgIpc) is 3.15. The molecule has 1 aromatic heterocycles. The quantitative estimate of drug-likeness (QED) is 0.859. The summed E-state index contributed by atoms with van der Waals surface area (Å²) in [6.45, 7) is 1.99. The van der Waals surface area contributed by atoms with Crippen molar-refractivity contribution in [3.63, 3.8) is 0 Å². The van der Waals surface area contributed by atoms with Gasteiger partial charge in [-0.05, 0) is 30.5 Å². The summed E-state index contributed by atoms with van der Waals surface area (Å²) >= 11 is 0. The maximum absolute atomic E-state index is 12.7. The van der Waals surface area contributed by atoms with E-state index in [1.54, 1.807) is 10.9 Å². The fraction of sp³-hybridized carbons (Fsp3) is 0.412. The van der Waals surface area contributed by atoms with Gasteiger partial charge in [0, 0.05) is 38.7 Å². The summed E-state index contributed by atoms with van der Waals surface area (Å²) in [6, 6.07) is 9.78. The summed E-state index contributed by atoms with van der Waals surface area (Å²) < 4.78 is 7.16. The molecule has 1 aliphatic rings. The number of nitrogens with zero attached hydrogens (tertiary/aromatic N) is 2. The van der Waals surface area contributed by atoms with Crippen molar-refractivity contribution in [3.8, 4) is 5.69 Å². The standard InChI is InChI=1S/C17H22N4O2.ClH/c18-13-17(6-10-23-11-7-17)16(22)19-12-14-4-1-2-5-15(14)21-9-3-8-20-21;/h1-5,8-9H,6-7,10-13,18H2,(H,19,22);1H. The second-order valence-corrected chi connectivity index (χ2v) is 5.86. The van der Waals surface area contributed by atoms with Gasteiger partial charge in [-0.1, -0.05) is 18.2 Å². The smallest absolute Gasteiger partial charge is 0.227 e. The normalized spacial score (nSPS) is 16.2. The molecule has 1 aliphatic heterocycles. The third-order valence-corrected chi connectivity index (χ3v) is 4.50. The summed E-state index contributed by atoms with van der Waals surface area (Å²) in [6.07, 6.45) is 4.98. The molecule has 3 N–H and O–H groups in total. The van der Waals surface area contributed by atoms with Crippen LogP contribution in [-0.2, 0) is 16.1 Å². The number of hydrogen-bond donors (Lipinski definition) is 2. The molecule has 0 aliphatic carbocycles. The highest BCUT2D eigenvalue weighted by molar-refractivity contribution is 5.85. The molecule has 24 heavy (non-hydrogen) atoms. The van der Waals surface area contributed by atoms with Crippen LogP contribution in [0.4, 0.5) is 0 Å². The van der Waals surface area contributed by atoms with Crippen molar-refractivity contribution in [2.24, 2.45) is 11.1 Å². The van der Waals surface area contributed by atoms with Crippen LogP contribution in [-0.4, -0.2) is 35.4 Å². The number of hydrogen-bond acceptors (Lipinski definition) is 4. The number of amides is 1. The fourth-order valence-electron chi connectivity index (χ4n) is 2.94. The predicted octanol–water partition coefficient (Wildman–Crippen LogP) is 1.67. The maximum atomic E-state index is 12.7. The number of nitrogens with two attached hydrogens (primary N) is 1. The lowest BCUT2D eigenvalue weighted by Gasteiger charge is -2.34. The molecule has 2 heterocycles. The van der Waals surface area contributed by atoms with Gasteiger partial charge in [0.25, 0.3) is 0 Å². The van der Waals surface area contributed by atoms with Crippen molar-refractivity contribution in [2.75, 3.05) is 19.8 Å². The van der Waals surface area contributed by atoms with E-state index in [1.165, 1.54) is 0 Å². The van der Waals surface area contributed by atoms with Crippen LogP contribution in [0.1, 0.15) is 18.4 Å². The van der Waals surface area contributed by atoms with Crippen LogP contribution in [0.2, 0.25) is 0 Å². The van der Waals surface area contributed by atoms with Gasteiger partial charge in [0.1, 0.15) is 0 Å². The second kappa shape index (κ2) is 8.28. The number of nitrogens with one attached hydrogen (secondary N) is 1. The lowest BCUT2D eigenvalue weighted by molar-refractivity contribution is -0.136. The average molecular weight is 351 g/mol. The van der Waals surface area contributed by atoms with E-state index in [0.717, 1.165) is 11.3 Å². The largest absolute Gasteiger partial charge is 0.381 e. The van der Waals surface area contributed by atoms with Gasteiger partial charge >= 0.3 is 0 Å². The van der Waals surface area contributed by atoms with Crippen molar-refractivity contribution < 1.29 is 9.53 Å². The summed E-state index contributed by atoms with van der Waals surface area (Å²) in [5.41, 5.74) is 7.37. The van der Waals surface area contributed by atoms with Gasteiger partial charge in [-0.15, -0.1) is 12.4 Å². The van der Waals surface area contributed by atoms with E-state index in [1.807, 2.05) is 36.5 Å². The molecule has 1 amide bonds. The second-order valence-electron chi connectivity index (χ2n) is 5.86. The summed E-state index contributed by atoms with van der Waals surface area (Å²) in [5, 5.41) is 7.31. The Balaban J connectivity index is 0.00000208. The first-order valence-corrected chi connectivity index (χ1v) is 7.89. The molecule has 1 aromatic carbocycles. The minimum Gasteiger partial charge on any atom is -0.381 e. The molecule has 0 bridgehead atoms. The Kier molecular flexibility index (Phi) is 6.36. The topological polar surface area (TPSA) is 82.2 Å². The zero-order valence-corrected chi connectivity index (χ0v) is 14.3. The lowest BCUT2D eigenvalue weighted by Crippen LogP contribution is -2.49. The molecule has 2 aromatic rings. The molecule has 6 nitrogen and oxygen atoms in total. The highest BCUT2D eigenvalue weighted by atomic mass is 35.5.